The van der Waals surface area contributed by atoms with Crippen LogP contribution >= 0.6 is 15.9 Å². The molecule has 1 atom stereocenters. The molecule has 0 saturated carbocycles. The zero-order valence-electron chi connectivity index (χ0n) is 12.2. The van der Waals surface area contributed by atoms with Gasteiger partial charge in [0, 0.05) is 30.0 Å². The Bertz CT molecular complexity index is 524. The van der Waals surface area contributed by atoms with E-state index < -0.39 is 0 Å². The number of likely N-dealkylation sites (N-methyl/N-ethyl adjacent to an activating group) is 1. The van der Waals surface area contributed by atoms with E-state index in [0.717, 1.165) is 18.4 Å². The molecule has 20 heavy (non-hydrogen) atoms. The maximum absolute atomic E-state index is 3.67. The molecule has 2 rings (SSSR count). The minimum absolute atomic E-state index is 0.510. The maximum Gasteiger partial charge on any atom is 0.0396 e. The molecule has 1 unspecified atom stereocenters. The van der Waals surface area contributed by atoms with Gasteiger partial charge >= 0.3 is 0 Å². The monoisotopic (exact) mass is 331 g/mol. The molecule has 0 bridgehead atoms. The van der Waals surface area contributed by atoms with Gasteiger partial charge in [0.15, 0.2) is 0 Å². The number of anilines is 1. The summed E-state index contributed by atoms with van der Waals surface area (Å²) in [6.45, 7) is 6.48. The molecular formula is C18H22BrN. The van der Waals surface area contributed by atoms with Crippen LogP contribution in [0.3, 0.4) is 0 Å². The highest BCUT2D eigenvalue weighted by Gasteiger charge is 2.15. The zero-order valence-corrected chi connectivity index (χ0v) is 13.8. The molecule has 0 aromatic heterocycles. The molecule has 2 heteroatoms. The van der Waals surface area contributed by atoms with Crippen LogP contribution in [0.5, 0.6) is 0 Å². The van der Waals surface area contributed by atoms with Crippen LogP contribution in [0, 0.1) is 6.92 Å². The summed E-state index contributed by atoms with van der Waals surface area (Å²) in [6, 6.07) is 19.4. The summed E-state index contributed by atoms with van der Waals surface area (Å²) in [5, 5.41) is 0.986. The number of nitrogens with zero attached hydrogens (tertiary/aromatic N) is 1. The molecule has 2 aromatic rings. The van der Waals surface area contributed by atoms with Gasteiger partial charge in [-0.25, -0.2) is 0 Å². The van der Waals surface area contributed by atoms with Crippen LogP contribution in [0.2, 0.25) is 0 Å². The lowest BCUT2D eigenvalue weighted by Crippen LogP contribution is -2.29. The first-order valence-corrected chi connectivity index (χ1v) is 8.30. The summed E-state index contributed by atoms with van der Waals surface area (Å²) < 4.78 is 0. The Morgan fingerprint density at radius 2 is 1.65 bits per heavy atom. The van der Waals surface area contributed by atoms with Crippen LogP contribution in [-0.4, -0.2) is 18.4 Å². The van der Waals surface area contributed by atoms with Crippen molar-refractivity contribution in [3.8, 4) is 0 Å². The Balaban J connectivity index is 2.19. The van der Waals surface area contributed by atoms with Gasteiger partial charge in [-0.3, -0.25) is 0 Å². The van der Waals surface area contributed by atoms with Gasteiger partial charge in [0.05, 0.1) is 0 Å². The molecule has 0 aliphatic rings. The molecule has 1 nitrogen and oxygen atoms in total. The van der Waals surface area contributed by atoms with Gasteiger partial charge in [0.1, 0.15) is 0 Å². The molecule has 0 spiro atoms. The molecule has 0 aliphatic carbocycles. The number of hydrogen-bond acceptors (Lipinski definition) is 1. The standard InChI is InChI=1S/C18H22BrN/c1-3-20(18-12-8-7-9-15(18)2)14-17(13-19)16-10-5-4-6-11-16/h4-12,17H,3,13-14H2,1-2H3. The van der Waals surface area contributed by atoms with Crippen LogP contribution in [0.15, 0.2) is 54.6 Å². The molecule has 106 valence electrons. The molecule has 2 aromatic carbocycles. The van der Waals surface area contributed by atoms with E-state index in [0.29, 0.717) is 5.92 Å². The summed E-state index contributed by atoms with van der Waals surface area (Å²) in [7, 11) is 0. The van der Waals surface area contributed by atoms with Crippen molar-refractivity contribution in [2.24, 2.45) is 0 Å². The number of rotatable bonds is 6. The van der Waals surface area contributed by atoms with E-state index in [1.807, 2.05) is 0 Å². The summed E-state index contributed by atoms with van der Waals surface area (Å²) in [6.07, 6.45) is 0. The van der Waals surface area contributed by atoms with Crippen molar-refractivity contribution in [3.05, 3.63) is 65.7 Å². The van der Waals surface area contributed by atoms with Crippen LogP contribution < -0.4 is 4.90 Å². The first-order valence-electron chi connectivity index (χ1n) is 7.17. The van der Waals surface area contributed by atoms with Crippen molar-refractivity contribution >= 4 is 21.6 Å². The van der Waals surface area contributed by atoms with E-state index in [1.54, 1.807) is 0 Å². The Hall–Kier alpha value is -1.28. The van der Waals surface area contributed by atoms with E-state index in [4.69, 9.17) is 0 Å². The van der Waals surface area contributed by atoms with Crippen molar-refractivity contribution in [1.29, 1.82) is 0 Å². The first kappa shape index (κ1) is 15.1. The molecule has 0 fully saturated rings. The number of benzene rings is 2. The largest absolute Gasteiger partial charge is 0.371 e. The third-order valence-corrected chi connectivity index (χ3v) is 4.52. The molecular weight excluding hydrogens is 310 g/mol. The Labute approximate surface area is 130 Å². The minimum Gasteiger partial charge on any atom is -0.371 e. The molecule has 0 N–H and O–H groups in total. The molecule has 0 aliphatic heterocycles. The highest BCUT2D eigenvalue weighted by atomic mass is 79.9. The van der Waals surface area contributed by atoms with Crippen molar-refractivity contribution in [2.75, 3.05) is 23.3 Å². The smallest absolute Gasteiger partial charge is 0.0396 e. The number of halogens is 1. The van der Waals surface area contributed by atoms with Crippen LogP contribution in [0.25, 0.3) is 0 Å². The topological polar surface area (TPSA) is 3.24 Å². The third kappa shape index (κ3) is 3.63. The van der Waals surface area contributed by atoms with Gasteiger partial charge in [-0.2, -0.15) is 0 Å². The van der Waals surface area contributed by atoms with Crippen LogP contribution in [0.1, 0.15) is 24.0 Å². The fourth-order valence-corrected chi connectivity index (χ4v) is 3.13. The predicted octanol–water partition coefficient (Wildman–Crippen LogP) is 5.00. The summed E-state index contributed by atoms with van der Waals surface area (Å²) in [5.41, 5.74) is 4.09. The minimum atomic E-state index is 0.510. The SMILES string of the molecule is CCN(CC(CBr)c1ccccc1)c1ccccc1C. The van der Waals surface area contributed by atoms with Gasteiger partial charge in [0.2, 0.25) is 0 Å². The van der Waals surface area contributed by atoms with Crippen molar-refractivity contribution < 1.29 is 0 Å². The highest BCUT2D eigenvalue weighted by molar-refractivity contribution is 9.09. The number of alkyl halides is 1. The Morgan fingerprint density at radius 1 is 1.00 bits per heavy atom. The quantitative estimate of drug-likeness (QED) is 0.673. The van der Waals surface area contributed by atoms with Crippen LogP contribution in [-0.2, 0) is 0 Å². The summed E-state index contributed by atoms with van der Waals surface area (Å²) in [4.78, 5) is 2.47. The van der Waals surface area contributed by atoms with Gasteiger partial charge in [-0.1, -0.05) is 64.5 Å². The second-order valence-corrected chi connectivity index (χ2v) is 5.73. The zero-order chi connectivity index (χ0) is 14.4. The number of hydrogen-bond donors (Lipinski definition) is 0. The van der Waals surface area contributed by atoms with Gasteiger partial charge in [0.25, 0.3) is 0 Å². The second-order valence-electron chi connectivity index (χ2n) is 5.09. The molecule has 0 amide bonds. The molecule has 0 saturated heterocycles. The van der Waals surface area contributed by atoms with E-state index in [9.17, 15) is 0 Å². The van der Waals surface area contributed by atoms with Crippen LogP contribution in [0.4, 0.5) is 5.69 Å². The predicted molar refractivity (Wildman–Crippen MR) is 92.0 cm³/mol. The van der Waals surface area contributed by atoms with Crippen molar-refractivity contribution in [1.82, 2.24) is 0 Å². The lowest BCUT2D eigenvalue weighted by molar-refractivity contribution is 0.711. The third-order valence-electron chi connectivity index (χ3n) is 3.74. The number of aryl methyl sites for hydroxylation is 1. The molecule has 0 radical (unpaired) electrons. The highest BCUT2D eigenvalue weighted by Crippen LogP contribution is 2.25. The normalized spacial score (nSPS) is 12.2. The van der Waals surface area contributed by atoms with Gasteiger partial charge < -0.3 is 4.90 Å². The van der Waals surface area contributed by atoms with Crippen molar-refractivity contribution in [3.63, 3.8) is 0 Å². The van der Waals surface area contributed by atoms with Crippen molar-refractivity contribution in [2.45, 2.75) is 19.8 Å². The van der Waals surface area contributed by atoms with E-state index in [-0.39, 0.29) is 0 Å². The summed E-state index contributed by atoms with van der Waals surface area (Å²) in [5.74, 6) is 0.510. The second kappa shape index (κ2) is 7.49. The Morgan fingerprint density at radius 3 is 2.25 bits per heavy atom. The van der Waals surface area contributed by atoms with E-state index >= 15 is 0 Å². The maximum atomic E-state index is 3.67. The van der Waals surface area contributed by atoms with E-state index in [2.05, 4.69) is 89.3 Å². The Kier molecular flexibility index (Phi) is 5.66. The lowest BCUT2D eigenvalue weighted by Gasteiger charge is -2.29. The lowest BCUT2D eigenvalue weighted by atomic mass is 10.00. The molecule has 0 heterocycles. The average Bonchev–Trinajstić information content (AvgIpc) is 2.50. The summed E-state index contributed by atoms with van der Waals surface area (Å²) >= 11 is 3.67. The first-order chi connectivity index (χ1) is 9.76. The van der Waals surface area contributed by atoms with E-state index in [1.165, 1.54) is 16.8 Å². The van der Waals surface area contributed by atoms with Gasteiger partial charge in [-0.05, 0) is 31.0 Å². The fourth-order valence-electron chi connectivity index (χ4n) is 2.55. The number of para-hydroxylation sites is 1. The van der Waals surface area contributed by atoms with Gasteiger partial charge in [-0.15, -0.1) is 0 Å². The average molecular weight is 332 g/mol. The fraction of sp³-hybridized carbons (Fsp3) is 0.333.